The molecule has 0 radical (unpaired) electrons. The van der Waals surface area contributed by atoms with Gasteiger partial charge < -0.3 is 4.18 Å². The predicted octanol–water partition coefficient (Wildman–Crippen LogP) is 8.23. The van der Waals surface area contributed by atoms with Crippen LogP contribution in [0.3, 0.4) is 0 Å². The van der Waals surface area contributed by atoms with Crippen molar-refractivity contribution in [1.82, 2.24) is 15.0 Å². The van der Waals surface area contributed by atoms with Crippen molar-refractivity contribution in [3.8, 4) is 39.7 Å². The van der Waals surface area contributed by atoms with E-state index in [-0.39, 0.29) is 11.3 Å². The second-order valence-electron chi connectivity index (χ2n) is 10.1. The Bertz CT molecular complexity index is 1980. The molecule has 6 nitrogen and oxygen atoms in total. The van der Waals surface area contributed by atoms with E-state index in [0.29, 0.717) is 39.5 Å². The number of alkyl halides is 3. The number of fused-ring (bicyclic) bond motifs is 1. The van der Waals surface area contributed by atoms with Gasteiger partial charge >= 0.3 is 15.6 Å². The SMILES string of the molecule is CC1CC=CC=C1c1nc(-c2ccccc2)nc(-c2ccc(-c3cccc4cccc(OS(=O)(=O)C(F)(F)F)c34)cc2)n1. The predicted molar refractivity (Wildman–Crippen MR) is 160 cm³/mol. The monoisotopic (exact) mass is 599 g/mol. The number of hydrogen-bond acceptors (Lipinski definition) is 6. The molecule has 216 valence electrons. The van der Waals surface area contributed by atoms with Crippen molar-refractivity contribution in [2.75, 3.05) is 0 Å². The molecular weight excluding hydrogens is 575 g/mol. The van der Waals surface area contributed by atoms with Gasteiger partial charge in [-0.15, -0.1) is 0 Å². The van der Waals surface area contributed by atoms with E-state index in [1.807, 2.05) is 54.6 Å². The summed E-state index contributed by atoms with van der Waals surface area (Å²) in [6.45, 7) is 2.12. The van der Waals surface area contributed by atoms with E-state index in [1.54, 1.807) is 36.4 Å². The molecule has 1 heterocycles. The number of hydrogen-bond donors (Lipinski definition) is 0. The summed E-state index contributed by atoms with van der Waals surface area (Å²) < 4.78 is 67.6. The van der Waals surface area contributed by atoms with E-state index in [9.17, 15) is 21.6 Å². The maximum Gasteiger partial charge on any atom is 0.534 e. The zero-order valence-electron chi connectivity index (χ0n) is 22.8. The van der Waals surface area contributed by atoms with Crippen LogP contribution in [-0.4, -0.2) is 28.9 Å². The minimum Gasteiger partial charge on any atom is -0.375 e. The summed E-state index contributed by atoms with van der Waals surface area (Å²) in [5, 5.41) is 0.764. The lowest BCUT2D eigenvalue weighted by Crippen LogP contribution is -2.28. The Morgan fingerprint density at radius 3 is 2.00 bits per heavy atom. The highest BCUT2D eigenvalue weighted by molar-refractivity contribution is 7.88. The van der Waals surface area contributed by atoms with Crippen LogP contribution in [0.4, 0.5) is 13.2 Å². The number of nitrogens with zero attached hydrogens (tertiary/aromatic N) is 3. The number of aromatic nitrogens is 3. The molecule has 0 bridgehead atoms. The quantitative estimate of drug-likeness (QED) is 0.144. The fourth-order valence-electron chi connectivity index (χ4n) is 4.97. The van der Waals surface area contributed by atoms with E-state index in [2.05, 4.69) is 17.2 Å². The summed E-state index contributed by atoms with van der Waals surface area (Å²) in [7, 11) is -5.86. The zero-order chi connectivity index (χ0) is 30.2. The molecule has 0 saturated carbocycles. The molecule has 0 aliphatic heterocycles. The van der Waals surface area contributed by atoms with Crippen LogP contribution in [0.25, 0.3) is 50.2 Å². The van der Waals surface area contributed by atoms with Crippen molar-refractivity contribution >= 4 is 26.5 Å². The molecule has 0 amide bonds. The highest BCUT2D eigenvalue weighted by Gasteiger charge is 2.48. The topological polar surface area (TPSA) is 82.0 Å². The van der Waals surface area contributed by atoms with Gasteiger partial charge in [0.1, 0.15) is 0 Å². The summed E-state index contributed by atoms with van der Waals surface area (Å²) in [5.41, 5.74) is -1.85. The first-order chi connectivity index (χ1) is 20.6. The highest BCUT2D eigenvalue weighted by atomic mass is 32.2. The van der Waals surface area contributed by atoms with Crippen molar-refractivity contribution in [2.45, 2.75) is 18.9 Å². The Morgan fingerprint density at radius 2 is 1.35 bits per heavy atom. The molecule has 5 aromatic rings. The molecule has 1 aliphatic carbocycles. The fraction of sp³-hybridized carbons (Fsp3) is 0.121. The fourth-order valence-corrected chi connectivity index (χ4v) is 5.44. The maximum atomic E-state index is 13.1. The molecule has 0 N–H and O–H groups in total. The molecule has 4 aromatic carbocycles. The summed E-state index contributed by atoms with van der Waals surface area (Å²) in [4.78, 5) is 14.4. The van der Waals surface area contributed by atoms with Gasteiger partial charge in [0.15, 0.2) is 23.2 Å². The molecule has 1 unspecified atom stereocenters. The first kappa shape index (κ1) is 28.3. The third-order valence-electron chi connectivity index (χ3n) is 7.16. The molecule has 10 heteroatoms. The Morgan fingerprint density at radius 1 is 0.744 bits per heavy atom. The van der Waals surface area contributed by atoms with Crippen molar-refractivity contribution in [2.24, 2.45) is 5.92 Å². The summed E-state index contributed by atoms with van der Waals surface area (Å²) >= 11 is 0. The van der Waals surface area contributed by atoms with Gasteiger partial charge in [0.2, 0.25) is 0 Å². The second-order valence-corrected chi connectivity index (χ2v) is 11.6. The standard InChI is InChI=1S/C33H24F3N3O3S/c1-21-9-5-6-14-26(21)32-38-30(24-10-3-2-4-11-24)37-31(39-32)25-19-17-22(18-20-25)27-15-7-12-23-13-8-16-28(29(23)27)42-43(40,41)33(34,35)36/h2-8,10-21H,9H2,1H3. The van der Waals surface area contributed by atoms with Gasteiger partial charge in [0, 0.05) is 22.1 Å². The lowest BCUT2D eigenvalue weighted by atomic mass is 9.92. The van der Waals surface area contributed by atoms with E-state index in [1.165, 1.54) is 12.1 Å². The summed E-state index contributed by atoms with van der Waals surface area (Å²) in [6, 6.07) is 26.3. The van der Waals surface area contributed by atoms with Gasteiger partial charge in [-0.05, 0) is 34.9 Å². The molecular formula is C33H24F3N3O3S. The molecule has 1 aliphatic rings. The minimum atomic E-state index is -5.86. The van der Waals surface area contributed by atoms with Crippen molar-refractivity contribution in [3.63, 3.8) is 0 Å². The van der Waals surface area contributed by atoms with Gasteiger partial charge in [-0.2, -0.15) is 21.6 Å². The molecule has 43 heavy (non-hydrogen) atoms. The molecule has 0 fully saturated rings. The number of benzene rings is 4. The van der Waals surface area contributed by atoms with Crippen LogP contribution in [0, 0.1) is 5.92 Å². The van der Waals surface area contributed by atoms with Crippen LogP contribution in [0.1, 0.15) is 19.2 Å². The van der Waals surface area contributed by atoms with Crippen LogP contribution in [0.5, 0.6) is 5.75 Å². The Kier molecular flexibility index (Phi) is 7.31. The second kappa shape index (κ2) is 11.1. The van der Waals surface area contributed by atoms with Gasteiger partial charge in [-0.25, -0.2) is 15.0 Å². The Balaban J connectivity index is 1.43. The van der Waals surface area contributed by atoms with Gasteiger partial charge in [-0.3, -0.25) is 0 Å². The average molecular weight is 600 g/mol. The molecule has 6 rings (SSSR count). The van der Waals surface area contributed by atoms with Crippen LogP contribution in [0.2, 0.25) is 0 Å². The van der Waals surface area contributed by atoms with Crippen molar-refractivity contribution < 1.29 is 25.8 Å². The van der Waals surface area contributed by atoms with Crippen LogP contribution < -0.4 is 4.18 Å². The first-order valence-corrected chi connectivity index (χ1v) is 14.8. The number of allylic oxidation sites excluding steroid dienone is 4. The van der Waals surface area contributed by atoms with E-state index >= 15 is 0 Å². The van der Waals surface area contributed by atoms with Gasteiger partial charge in [-0.1, -0.05) is 110 Å². The Labute approximate surface area is 246 Å². The highest BCUT2D eigenvalue weighted by Crippen LogP contribution is 2.38. The van der Waals surface area contributed by atoms with Crippen molar-refractivity contribution in [3.05, 3.63) is 115 Å². The lowest BCUT2D eigenvalue weighted by Gasteiger charge is -2.17. The van der Waals surface area contributed by atoms with E-state index in [4.69, 9.17) is 15.0 Å². The van der Waals surface area contributed by atoms with Gasteiger partial charge in [0.05, 0.1) is 0 Å². The minimum absolute atomic E-state index is 0.232. The van der Waals surface area contributed by atoms with Crippen molar-refractivity contribution in [1.29, 1.82) is 0 Å². The normalized spacial score (nSPS) is 15.3. The number of halogens is 3. The smallest absolute Gasteiger partial charge is 0.375 e. The molecule has 0 spiro atoms. The summed E-state index contributed by atoms with van der Waals surface area (Å²) in [5.74, 6) is 1.42. The van der Waals surface area contributed by atoms with Crippen LogP contribution in [-0.2, 0) is 10.1 Å². The molecule has 0 saturated heterocycles. The van der Waals surface area contributed by atoms with Crippen LogP contribution in [0.15, 0.2) is 109 Å². The number of rotatable bonds is 6. The maximum absolute atomic E-state index is 13.1. The van der Waals surface area contributed by atoms with Crippen LogP contribution >= 0.6 is 0 Å². The molecule has 1 atom stereocenters. The average Bonchev–Trinajstić information content (AvgIpc) is 3.01. The molecule has 1 aromatic heterocycles. The first-order valence-electron chi connectivity index (χ1n) is 13.4. The summed E-state index contributed by atoms with van der Waals surface area (Å²) in [6.07, 6.45) is 7.00. The van der Waals surface area contributed by atoms with E-state index < -0.39 is 21.4 Å². The third-order valence-corrected chi connectivity index (χ3v) is 8.13. The van der Waals surface area contributed by atoms with E-state index in [0.717, 1.165) is 17.6 Å². The largest absolute Gasteiger partial charge is 0.534 e. The Hall–Kier alpha value is -4.83. The van der Waals surface area contributed by atoms with Gasteiger partial charge in [0.25, 0.3) is 0 Å². The third kappa shape index (κ3) is 5.65. The zero-order valence-corrected chi connectivity index (χ0v) is 23.6. The lowest BCUT2D eigenvalue weighted by molar-refractivity contribution is -0.0499.